The van der Waals surface area contributed by atoms with E-state index in [0.29, 0.717) is 12.3 Å². The number of nitrogens with zero attached hydrogens (tertiary/aromatic N) is 1. The van der Waals surface area contributed by atoms with Crippen molar-refractivity contribution < 1.29 is 24.8 Å². The van der Waals surface area contributed by atoms with Gasteiger partial charge in [0.05, 0.1) is 12.0 Å². The highest BCUT2D eigenvalue weighted by atomic mass is 16.6. The van der Waals surface area contributed by atoms with Gasteiger partial charge in [-0.1, -0.05) is 0 Å². The third-order valence-electron chi connectivity index (χ3n) is 3.88. The number of methoxy groups -OCH3 is 1. The topological polar surface area (TPSA) is 98.4 Å². The number of phenols is 1. The van der Waals surface area contributed by atoms with E-state index in [1.807, 2.05) is 5.32 Å². The van der Waals surface area contributed by atoms with Crippen LogP contribution in [0, 0.1) is 10.1 Å². The Morgan fingerprint density at radius 2 is 1.96 bits per heavy atom. The fourth-order valence-electron chi connectivity index (χ4n) is 2.65. The van der Waals surface area contributed by atoms with Crippen LogP contribution in [0.4, 0.5) is 5.69 Å². The Kier molecular flexibility index (Phi) is 4.14. The van der Waals surface area contributed by atoms with Crippen molar-refractivity contribution in [2.24, 2.45) is 0 Å². The van der Waals surface area contributed by atoms with Crippen LogP contribution in [0.5, 0.6) is 11.5 Å². The van der Waals surface area contributed by atoms with E-state index in [1.165, 1.54) is 19.2 Å². The molecule has 1 fully saturated rings. The van der Waals surface area contributed by atoms with Crippen LogP contribution in [0.3, 0.4) is 0 Å². The maximum absolute atomic E-state index is 10.7. The van der Waals surface area contributed by atoms with Gasteiger partial charge in [-0.3, -0.25) is 10.1 Å². The predicted molar refractivity (Wildman–Crippen MR) is 81.1 cm³/mol. The summed E-state index contributed by atoms with van der Waals surface area (Å²) >= 11 is 0. The quantitative estimate of drug-likeness (QED) is 0.660. The van der Waals surface area contributed by atoms with E-state index in [-0.39, 0.29) is 23.8 Å². The molecule has 0 radical (unpaired) electrons. The average molecular weight is 317 g/mol. The Bertz CT molecular complexity index is 717. The second-order valence-corrected chi connectivity index (χ2v) is 5.30. The highest BCUT2D eigenvalue weighted by Crippen LogP contribution is 2.32. The first-order chi connectivity index (χ1) is 11.1. The molecule has 2 aromatic carbocycles. The number of hydrogen-bond donors (Lipinski definition) is 2. The monoisotopic (exact) mass is 317 g/mol. The van der Waals surface area contributed by atoms with Gasteiger partial charge in [-0.05, 0) is 35.9 Å². The summed E-state index contributed by atoms with van der Waals surface area (Å²) in [7, 11) is 1.50. The van der Waals surface area contributed by atoms with E-state index >= 15 is 0 Å². The minimum Gasteiger partial charge on any atom is -0.504 e. The molecule has 1 heterocycles. The second kappa shape index (κ2) is 6.23. The molecule has 1 aliphatic rings. The van der Waals surface area contributed by atoms with Gasteiger partial charge < -0.3 is 19.9 Å². The van der Waals surface area contributed by atoms with Crippen molar-refractivity contribution in [1.82, 2.24) is 0 Å². The fraction of sp³-hybridized carbons (Fsp3) is 0.250. The minimum absolute atomic E-state index is 0.0653. The zero-order chi connectivity index (χ0) is 16.4. The summed E-state index contributed by atoms with van der Waals surface area (Å²) in [5.74, 6) is 0.486. The zero-order valence-corrected chi connectivity index (χ0v) is 12.5. The molecule has 120 valence electrons. The Morgan fingerprint density at radius 1 is 1.26 bits per heavy atom. The van der Waals surface area contributed by atoms with Gasteiger partial charge in [0.25, 0.3) is 5.69 Å². The lowest BCUT2D eigenvalue weighted by molar-refractivity contribution is -0.698. The summed E-state index contributed by atoms with van der Waals surface area (Å²) in [4.78, 5) is 10.3. The van der Waals surface area contributed by atoms with Crippen LogP contribution < -0.4 is 10.1 Å². The molecule has 7 heteroatoms. The largest absolute Gasteiger partial charge is 0.504 e. The van der Waals surface area contributed by atoms with E-state index < -0.39 is 4.92 Å². The molecule has 0 unspecified atom stereocenters. The third kappa shape index (κ3) is 3.10. The molecule has 3 N–H and O–H groups in total. The number of benzene rings is 2. The molecular formula is C16H17N2O5+. The van der Waals surface area contributed by atoms with Gasteiger partial charge in [0.15, 0.2) is 11.5 Å². The molecule has 7 nitrogen and oxygen atoms in total. The molecule has 0 spiro atoms. The third-order valence-corrected chi connectivity index (χ3v) is 3.88. The van der Waals surface area contributed by atoms with E-state index in [9.17, 15) is 15.2 Å². The average Bonchev–Trinajstić information content (AvgIpc) is 3.05. The van der Waals surface area contributed by atoms with Crippen LogP contribution in [0.1, 0.15) is 23.5 Å². The SMILES string of the molecule is COc1cc([C@@H]2[NH2+]C[C@H](c3ccc([N+](=O)[O-])cc3)O2)ccc1O. The van der Waals surface area contributed by atoms with Gasteiger partial charge in [-0.2, -0.15) is 0 Å². The summed E-state index contributed by atoms with van der Waals surface area (Å²) in [5, 5.41) is 22.4. The number of ether oxygens (including phenoxy) is 2. The molecule has 2 atom stereocenters. The van der Waals surface area contributed by atoms with Gasteiger partial charge in [0, 0.05) is 17.7 Å². The minimum atomic E-state index is -0.420. The molecule has 1 saturated heterocycles. The molecule has 0 saturated carbocycles. The number of rotatable bonds is 4. The summed E-state index contributed by atoms with van der Waals surface area (Å²) in [5.41, 5.74) is 1.86. The first-order valence-corrected chi connectivity index (χ1v) is 7.18. The normalized spacial score (nSPS) is 20.4. The number of nitro groups is 1. The van der Waals surface area contributed by atoms with Crippen LogP contribution in [0.2, 0.25) is 0 Å². The van der Waals surface area contributed by atoms with Crippen molar-refractivity contribution in [2.75, 3.05) is 13.7 Å². The lowest BCUT2D eigenvalue weighted by atomic mass is 10.1. The van der Waals surface area contributed by atoms with Gasteiger partial charge in [0.2, 0.25) is 6.23 Å². The Hall–Kier alpha value is -2.64. The van der Waals surface area contributed by atoms with E-state index in [2.05, 4.69) is 0 Å². The van der Waals surface area contributed by atoms with Crippen LogP contribution in [0.15, 0.2) is 42.5 Å². The molecule has 0 aliphatic carbocycles. The standard InChI is InChI=1S/C16H16N2O5/c1-22-14-8-11(4-7-13(14)19)16-17-9-15(23-16)10-2-5-12(6-3-10)18(20)21/h2-8,15-17,19H,9H2,1H3/p+1/t15-,16-/m1/s1. The Balaban J connectivity index is 1.74. The molecule has 0 bridgehead atoms. The number of phenolic OH excluding ortho intramolecular Hbond substituents is 1. The molecular weight excluding hydrogens is 300 g/mol. The molecule has 0 amide bonds. The molecule has 3 rings (SSSR count). The number of non-ortho nitro benzene ring substituents is 1. The summed E-state index contributed by atoms with van der Waals surface area (Å²) < 4.78 is 11.1. The molecule has 2 aromatic rings. The summed E-state index contributed by atoms with van der Waals surface area (Å²) in [6.07, 6.45) is -0.342. The van der Waals surface area contributed by atoms with Gasteiger partial charge in [-0.15, -0.1) is 0 Å². The van der Waals surface area contributed by atoms with Crippen molar-refractivity contribution in [3.8, 4) is 11.5 Å². The van der Waals surface area contributed by atoms with Crippen molar-refractivity contribution >= 4 is 5.69 Å². The van der Waals surface area contributed by atoms with Crippen LogP contribution in [-0.4, -0.2) is 23.7 Å². The van der Waals surface area contributed by atoms with Gasteiger partial charge in [0.1, 0.15) is 12.6 Å². The molecule has 1 aliphatic heterocycles. The first kappa shape index (κ1) is 15.3. The second-order valence-electron chi connectivity index (χ2n) is 5.30. The van der Waals surface area contributed by atoms with Crippen LogP contribution in [0.25, 0.3) is 0 Å². The van der Waals surface area contributed by atoms with E-state index in [0.717, 1.165) is 11.1 Å². The highest BCUT2D eigenvalue weighted by molar-refractivity contribution is 5.42. The van der Waals surface area contributed by atoms with Gasteiger partial charge >= 0.3 is 0 Å². The first-order valence-electron chi connectivity index (χ1n) is 7.18. The Morgan fingerprint density at radius 3 is 2.61 bits per heavy atom. The number of hydrogen-bond acceptors (Lipinski definition) is 5. The lowest BCUT2D eigenvalue weighted by Crippen LogP contribution is -2.82. The van der Waals surface area contributed by atoms with Crippen molar-refractivity contribution in [3.05, 3.63) is 63.7 Å². The maximum atomic E-state index is 10.7. The number of aromatic hydroxyl groups is 1. The molecule has 0 aromatic heterocycles. The number of quaternary nitrogens is 1. The van der Waals surface area contributed by atoms with Gasteiger partial charge in [-0.25, -0.2) is 0 Å². The van der Waals surface area contributed by atoms with Crippen molar-refractivity contribution in [2.45, 2.75) is 12.3 Å². The van der Waals surface area contributed by atoms with Crippen molar-refractivity contribution in [1.29, 1.82) is 0 Å². The van der Waals surface area contributed by atoms with Crippen molar-refractivity contribution in [3.63, 3.8) is 0 Å². The number of nitro benzene ring substituents is 1. The lowest BCUT2D eigenvalue weighted by Gasteiger charge is -2.11. The zero-order valence-electron chi connectivity index (χ0n) is 12.5. The maximum Gasteiger partial charge on any atom is 0.269 e. The smallest absolute Gasteiger partial charge is 0.269 e. The van der Waals surface area contributed by atoms with E-state index in [4.69, 9.17) is 9.47 Å². The molecule has 23 heavy (non-hydrogen) atoms. The van der Waals surface area contributed by atoms with Crippen LogP contribution >= 0.6 is 0 Å². The van der Waals surface area contributed by atoms with Crippen LogP contribution in [-0.2, 0) is 4.74 Å². The number of nitrogens with two attached hydrogens (primary N) is 1. The fourth-order valence-corrected chi connectivity index (χ4v) is 2.65. The summed E-state index contributed by atoms with van der Waals surface area (Å²) in [6.45, 7) is 0.714. The highest BCUT2D eigenvalue weighted by Gasteiger charge is 2.31. The Labute approximate surface area is 132 Å². The summed E-state index contributed by atoms with van der Waals surface area (Å²) in [6, 6.07) is 11.5. The van der Waals surface area contributed by atoms with E-state index in [1.54, 1.807) is 30.3 Å². The predicted octanol–water partition coefficient (Wildman–Crippen LogP) is 1.64.